The SMILES string of the molecule is O=C([O-])[C@@H]1CC(=O)N(c2ccccc2Cl)C1. The number of carboxylic acid groups (broad SMARTS) is 1. The summed E-state index contributed by atoms with van der Waals surface area (Å²) >= 11 is 5.94. The molecule has 0 N–H and O–H groups in total. The van der Waals surface area contributed by atoms with Crippen molar-refractivity contribution in [3.63, 3.8) is 0 Å². The lowest BCUT2D eigenvalue weighted by molar-refractivity contribution is -0.310. The van der Waals surface area contributed by atoms with Crippen molar-refractivity contribution >= 4 is 29.2 Å². The van der Waals surface area contributed by atoms with Crippen LogP contribution in [0, 0.1) is 5.92 Å². The van der Waals surface area contributed by atoms with Crippen molar-refractivity contribution in [2.75, 3.05) is 11.4 Å². The summed E-state index contributed by atoms with van der Waals surface area (Å²) in [5.74, 6) is -2.17. The Balaban J connectivity index is 2.27. The molecule has 5 heteroatoms. The van der Waals surface area contributed by atoms with Crippen LogP contribution in [-0.2, 0) is 9.59 Å². The topological polar surface area (TPSA) is 60.4 Å². The van der Waals surface area contributed by atoms with Gasteiger partial charge in [-0.3, -0.25) is 4.79 Å². The van der Waals surface area contributed by atoms with Crippen LogP contribution in [-0.4, -0.2) is 18.4 Å². The molecular formula is C11H9ClNO3-. The second-order valence-corrected chi connectivity index (χ2v) is 4.08. The predicted molar refractivity (Wildman–Crippen MR) is 56.9 cm³/mol. The second kappa shape index (κ2) is 4.14. The van der Waals surface area contributed by atoms with E-state index < -0.39 is 11.9 Å². The van der Waals surface area contributed by atoms with Crippen LogP contribution in [0.25, 0.3) is 0 Å². The molecule has 1 heterocycles. The number of rotatable bonds is 2. The number of aliphatic carboxylic acids is 1. The first kappa shape index (κ1) is 11.0. The summed E-state index contributed by atoms with van der Waals surface area (Å²) in [6.45, 7) is 0.130. The van der Waals surface area contributed by atoms with E-state index in [0.717, 1.165) is 0 Å². The van der Waals surface area contributed by atoms with Crippen molar-refractivity contribution in [1.29, 1.82) is 0 Å². The highest BCUT2D eigenvalue weighted by molar-refractivity contribution is 6.33. The van der Waals surface area contributed by atoms with E-state index in [-0.39, 0.29) is 18.9 Å². The monoisotopic (exact) mass is 238 g/mol. The van der Waals surface area contributed by atoms with Crippen molar-refractivity contribution < 1.29 is 14.7 Å². The third kappa shape index (κ3) is 1.88. The molecule has 0 aliphatic carbocycles. The largest absolute Gasteiger partial charge is 0.550 e. The summed E-state index contributed by atoms with van der Waals surface area (Å²) in [5.41, 5.74) is 0.554. The minimum Gasteiger partial charge on any atom is -0.550 e. The van der Waals surface area contributed by atoms with Gasteiger partial charge in [-0.15, -0.1) is 0 Å². The first-order valence-electron chi connectivity index (χ1n) is 4.85. The molecule has 1 amide bonds. The van der Waals surface area contributed by atoms with Crippen LogP contribution in [0.3, 0.4) is 0 Å². The van der Waals surface area contributed by atoms with Crippen molar-refractivity contribution in [3.05, 3.63) is 29.3 Å². The predicted octanol–water partition coefficient (Wildman–Crippen LogP) is 0.443. The van der Waals surface area contributed by atoms with Gasteiger partial charge in [-0.2, -0.15) is 0 Å². The number of hydrogen-bond donors (Lipinski definition) is 0. The molecule has 2 rings (SSSR count). The number of anilines is 1. The third-order valence-electron chi connectivity index (χ3n) is 2.60. The normalized spacial score (nSPS) is 20.2. The molecule has 16 heavy (non-hydrogen) atoms. The minimum absolute atomic E-state index is 0.0203. The highest BCUT2D eigenvalue weighted by Crippen LogP contribution is 2.30. The molecule has 0 bridgehead atoms. The summed E-state index contributed by atoms with van der Waals surface area (Å²) in [6, 6.07) is 6.86. The van der Waals surface area contributed by atoms with E-state index in [4.69, 9.17) is 11.6 Å². The van der Waals surface area contributed by atoms with E-state index >= 15 is 0 Å². The number of para-hydroxylation sites is 1. The van der Waals surface area contributed by atoms with Crippen molar-refractivity contribution in [1.82, 2.24) is 0 Å². The number of benzene rings is 1. The number of halogens is 1. The number of nitrogens with zero attached hydrogens (tertiary/aromatic N) is 1. The van der Waals surface area contributed by atoms with Crippen LogP contribution in [0.2, 0.25) is 5.02 Å². The molecule has 84 valence electrons. The smallest absolute Gasteiger partial charge is 0.227 e. The molecule has 1 saturated heterocycles. The van der Waals surface area contributed by atoms with Gasteiger partial charge in [0.05, 0.1) is 10.7 Å². The van der Waals surface area contributed by atoms with Gasteiger partial charge in [-0.05, 0) is 12.1 Å². The van der Waals surface area contributed by atoms with Gasteiger partial charge in [0.1, 0.15) is 0 Å². The first-order chi connectivity index (χ1) is 7.59. The Labute approximate surface area is 97.4 Å². The molecule has 0 radical (unpaired) electrons. The van der Waals surface area contributed by atoms with Crippen LogP contribution in [0.15, 0.2) is 24.3 Å². The quantitative estimate of drug-likeness (QED) is 0.751. The molecule has 0 spiro atoms. The Kier molecular flexibility index (Phi) is 2.83. The van der Waals surface area contributed by atoms with Gasteiger partial charge in [0.25, 0.3) is 0 Å². The third-order valence-corrected chi connectivity index (χ3v) is 2.92. The molecule has 1 aliphatic rings. The summed E-state index contributed by atoms with van der Waals surface area (Å²) in [7, 11) is 0. The fourth-order valence-corrected chi connectivity index (χ4v) is 2.01. The Bertz CT molecular complexity index is 447. The van der Waals surface area contributed by atoms with Crippen molar-refractivity contribution in [2.24, 2.45) is 5.92 Å². The molecule has 0 unspecified atom stereocenters. The summed E-state index contributed by atoms with van der Waals surface area (Å²) in [4.78, 5) is 23.7. The number of hydrogen-bond acceptors (Lipinski definition) is 3. The van der Waals surface area contributed by atoms with Crippen LogP contribution >= 0.6 is 11.6 Å². The number of carboxylic acids is 1. The van der Waals surface area contributed by atoms with Gasteiger partial charge in [0, 0.05) is 24.9 Å². The fourth-order valence-electron chi connectivity index (χ4n) is 1.77. The molecule has 0 saturated carbocycles. The average Bonchev–Trinajstić information content (AvgIpc) is 2.61. The van der Waals surface area contributed by atoms with Gasteiger partial charge in [-0.25, -0.2) is 0 Å². The Morgan fingerprint density at radius 3 is 2.69 bits per heavy atom. The van der Waals surface area contributed by atoms with Crippen LogP contribution < -0.4 is 10.0 Å². The van der Waals surface area contributed by atoms with Gasteiger partial charge in [0.15, 0.2) is 0 Å². The minimum atomic E-state index is -1.19. The van der Waals surface area contributed by atoms with Crippen molar-refractivity contribution in [2.45, 2.75) is 6.42 Å². The number of carbonyl (C=O) groups is 2. The van der Waals surface area contributed by atoms with E-state index in [1.54, 1.807) is 24.3 Å². The molecule has 1 aromatic rings. The molecule has 1 atom stereocenters. The molecule has 1 fully saturated rings. The van der Waals surface area contributed by atoms with Gasteiger partial charge in [0.2, 0.25) is 5.91 Å². The number of carbonyl (C=O) groups excluding carboxylic acids is 2. The first-order valence-corrected chi connectivity index (χ1v) is 5.23. The highest BCUT2D eigenvalue weighted by atomic mass is 35.5. The van der Waals surface area contributed by atoms with Gasteiger partial charge >= 0.3 is 0 Å². The molecule has 4 nitrogen and oxygen atoms in total. The second-order valence-electron chi connectivity index (χ2n) is 3.68. The van der Waals surface area contributed by atoms with Crippen LogP contribution in [0.1, 0.15) is 6.42 Å². The van der Waals surface area contributed by atoms with E-state index in [1.165, 1.54) is 4.90 Å². The van der Waals surface area contributed by atoms with E-state index in [1.807, 2.05) is 0 Å². The summed E-state index contributed by atoms with van der Waals surface area (Å²) < 4.78 is 0. The molecular weight excluding hydrogens is 230 g/mol. The lowest BCUT2D eigenvalue weighted by atomic mass is 10.1. The Hall–Kier alpha value is -1.55. The van der Waals surface area contributed by atoms with Gasteiger partial charge < -0.3 is 14.8 Å². The number of amides is 1. The zero-order valence-electron chi connectivity index (χ0n) is 8.35. The van der Waals surface area contributed by atoms with E-state index in [0.29, 0.717) is 10.7 Å². The maximum atomic E-state index is 11.6. The maximum Gasteiger partial charge on any atom is 0.227 e. The molecule has 1 aromatic carbocycles. The lowest BCUT2D eigenvalue weighted by Crippen LogP contribution is -2.33. The maximum absolute atomic E-state index is 11.6. The summed E-state index contributed by atoms with van der Waals surface area (Å²) in [6.07, 6.45) is -0.0203. The Morgan fingerprint density at radius 1 is 1.44 bits per heavy atom. The van der Waals surface area contributed by atoms with E-state index in [9.17, 15) is 14.7 Å². The van der Waals surface area contributed by atoms with E-state index in [2.05, 4.69) is 0 Å². The van der Waals surface area contributed by atoms with Crippen LogP contribution in [0.5, 0.6) is 0 Å². The van der Waals surface area contributed by atoms with Crippen molar-refractivity contribution in [3.8, 4) is 0 Å². The average molecular weight is 239 g/mol. The zero-order valence-corrected chi connectivity index (χ0v) is 9.11. The summed E-state index contributed by atoms with van der Waals surface area (Å²) in [5, 5.41) is 11.1. The highest BCUT2D eigenvalue weighted by Gasteiger charge is 2.32. The van der Waals surface area contributed by atoms with Crippen LogP contribution in [0.4, 0.5) is 5.69 Å². The lowest BCUT2D eigenvalue weighted by Gasteiger charge is -2.18. The standard InChI is InChI=1S/C11H10ClNO3/c12-8-3-1-2-4-9(8)13-6-7(11(15)16)5-10(13)14/h1-4,7H,5-6H2,(H,15,16)/p-1/t7-/m1/s1. The molecule has 0 aromatic heterocycles. The fraction of sp³-hybridized carbons (Fsp3) is 0.273. The van der Waals surface area contributed by atoms with Gasteiger partial charge in [-0.1, -0.05) is 23.7 Å². The molecule has 1 aliphatic heterocycles. The zero-order chi connectivity index (χ0) is 11.7. The Morgan fingerprint density at radius 2 is 2.12 bits per heavy atom.